The summed E-state index contributed by atoms with van der Waals surface area (Å²) in [4.78, 5) is 11.3. The normalized spacial score (nSPS) is 12.2. The lowest BCUT2D eigenvalue weighted by molar-refractivity contribution is -0.140. The molecule has 0 bridgehead atoms. The highest BCUT2D eigenvalue weighted by atomic mass is 16.5. The maximum absolute atomic E-state index is 11.3. The van der Waals surface area contributed by atoms with Crippen molar-refractivity contribution in [2.75, 3.05) is 6.61 Å². The molecule has 0 saturated heterocycles. The number of carbonyl (C=O) groups excluding carboxylic acids is 1. The van der Waals surface area contributed by atoms with E-state index < -0.39 is 0 Å². The molecule has 0 fully saturated rings. The molecule has 0 aliphatic carbocycles. The quantitative estimate of drug-likeness (QED) is 0.336. The molecule has 0 aromatic rings. The van der Waals surface area contributed by atoms with E-state index in [1.54, 1.807) is 6.92 Å². The number of unbranched alkanes of at least 4 members (excludes halogenated alkanes) is 2. The summed E-state index contributed by atoms with van der Waals surface area (Å²) in [5.74, 6) is 0.274. The predicted molar refractivity (Wildman–Crippen MR) is 68.3 cm³/mol. The zero-order valence-corrected chi connectivity index (χ0v) is 11.1. The fourth-order valence-corrected chi connectivity index (χ4v) is 1.72. The lowest BCUT2D eigenvalue weighted by Gasteiger charge is -2.16. The molecule has 2 nitrogen and oxygen atoms in total. The Balaban J connectivity index is 3.83. The number of hydrogen-bond acceptors (Lipinski definition) is 2. The van der Waals surface area contributed by atoms with E-state index in [1.807, 2.05) is 0 Å². The van der Waals surface area contributed by atoms with E-state index in [1.165, 1.54) is 25.7 Å². The minimum Gasteiger partial charge on any atom is -0.462 e. The maximum Gasteiger partial charge on any atom is 0.333 e. The lowest BCUT2D eigenvalue weighted by Crippen LogP contribution is -2.14. The van der Waals surface area contributed by atoms with Crippen LogP contribution in [0.15, 0.2) is 12.2 Å². The molecule has 0 saturated carbocycles. The molecule has 0 aromatic heterocycles. The van der Waals surface area contributed by atoms with Crippen molar-refractivity contribution < 1.29 is 9.53 Å². The molecule has 0 aliphatic heterocycles. The second-order valence-corrected chi connectivity index (χ2v) is 4.53. The van der Waals surface area contributed by atoms with Crippen molar-refractivity contribution in [1.29, 1.82) is 0 Å². The van der Waals surface area contributed by atoms with Gasteiger partial charge < -0.3 is 4.74 Å². The second kappa shape index (κ2) is 9.44. The molecule has 0 N–H and O–H groups in total. The summed E-state index contributed by atoms with van der Waals surface area (Å²) in [5.41, 5.74) is 0.490. The van der Waals surface area contributed by atoms with Gasteiger partial charge in [-0.25, -0.2) is 4.79 Å². The molecule has 0 amide bonds. The molecule has 0 rings (SSSR count). The first-order valence-corrected chi connectivity index (χ1v) is 6.44. The van der Waals surface area contributed by atoms with Gasteiger partial charge in [0.05, 0.1) is 6.61 Å². The van der Waals surface area contributed by atoms with E-state index in [2.05, 4.69) is 20.4 Å². The van der Waals surface area contributed by atoms with Gasteiger partial charge in [-0.05, 0) is 25.7 Å². The van der Waals surface area contributed by atoms with E-state index >= 15 is 0 Å². The lowest BCUT2D eigenvalue weighted by atomic mass is 9.97. The highest BCUT2D eigenvalue weighted by Crippen LogP contribution is 2.16. The molecule has 0 aliphatic rings. The van der Waals surface area contributed by atoms with Gasteiger partial charge >= 0.3 is 5.97 Å². The summed E-state index contributed by atoms with van der Waals surface area (Å²) < 4.78 is 5.21. The molecule has 0 heterocycles. The van der Waals surface area contributed by atoms with Gasteiger partial charge in [0.1, 0.15) is 0 Å². The first-order valence-electron chi connectivity index (χ1n) is 6.44. The summed E-state index contributed by atoms with van der Waals surface area (Å²) in [6.45, 7) is 10.2. The van der Waals surface area contributed by atoms with Crippen LogP contribution in [0.4, 0.5) is 0 Å². The number of carbonyl (C=O) groups is 1. The monoisotopic (exact) mass is 226 g/mol. The van der Waals surface area contributed by atoms with Crippen LogP contribution in [0.3, 0.4) is 0 Å². The van der Waals surface area contributed by atoms with Crippen molar-refractivity contribution in [2.24, 2.45) is 5.92 Å². The number of ether oxygens (including phenoxy) is 1. The molecular formula is C14H26O2. The number of rotatable bonds is 9. The topological polar surface area (TPSA) is 26.3 Å². The van der Waals surface area contributed by atoms with Crippen molar-refractivity contribution >= 4 is 5.97 Å². The molecular weight excluding hydrogens is 200 g/mol. The highest BCUT2D eigenvalue weighted by molar-refractivity contribution is 5.86. The third-order valence-electron chi connectivity index (χ3n) is 2.71. The fourth-order valence-electron chi connectivity index (χ4n) is 1.72. The number of esters is 1. The Bertz CT molecular complexity index is 209. The van der Waals surface area contributed by atoms with Crippen LogP contribution >= 0.6 is 0 Å². The van der Waals surface area contributed by atoms with Gasteiger partial charge in [0.15, 0.2) is 0 Å². The van der Waals surface area contributed by atoms with Crippen LogP contribution in [0, 0.1) is 5.92 Å². The summed E-state index contributed by atoms with van der Waals surface area (Å²) in [6.07, 6.45) is 7.23. The van der Waals surface area contributed by atoms with Crippen LogP contribution in [0.2, 0.25) is 0 Å². The van der Waals surface area contributed by atoms with Gasteiger partial charge in [0.25, 0.3) is 0 Å². The van der Waals surface area contributed by atoms with Crippen LogP contribution in [0.1, 0.15) is 59.3 Å². The van der Waals surface area contributed by atoms with Gasteiger partial charge in [-0.15, -0.1) is 0 Å². The second-order valence-electron chi connectivity index (χ2n) is 4.53. The first kappa shape index (κ1) is 15.2. The maximum atomic E-state index is 11.3. The van der Waals surface area contributed by atoms with E-state index in [0.29, 0.717) is 18.1 Å². The van der Waals surface area contributed by atoms with Gasteiger partial charge in [-0.1, -0.05) is 46.1 Å². The zero-order chi connectivity index (χ0) is 12.4. The molecule has 0 aromatic carbocycles. The van der Waals surface area contributed by atoms with Gasteiger partial charge in [-0.2, -0.15) is 0 Å². The Kier molecular flexibility index (Phi) is 8.97. The molecule has 1 unspecified atom stereocenters. The smallest absolute Gasteiger partial charge is 0.333 e. The van der Waals surface area contributed by atoms with Crippen molar-refractivity contribution in [1.82, 2.24) is 0 Å². The summed E-state index contributed by atoms with van der Waals surface area (Å²) >= 11 is 0. The van der Waals surface area contributed by atoms with Crippen LogP contribution in [-0.2, 0) is 9.53 Å². The Labute approximate surface area is 100 Å². The predicted octanol–water partition coefficient (Wildman–Crippen LogP) is 4.10. The minimum atomic E-state index is -0.253. The van der Waals surface area contributed by atoms with Gasteiger partial charge in [-0.3, -0.25) is 0 Å². The van der Waals surface area contributed by atoms with Crippen molar-refractivity contribution in [3.8, 4) is 0 Å². The largest absolute Gasteiger partial charge is 0.462 e. The average Bonchev–Trinajstić information content (AvgIpc) is 2.25. The van der Waals surface area contributed by atoms with Gasteiger partial charge in [0, 0.05) is 5.57 Å². The first-order chi connectivity index (χ1) is 7.61. The summed E-state index contributed by atoms with van der Waals surface area (Å²) in [7, 11) is 0. The molecule has 94 valence electrons. The van der Waals surface area contributed by atoms with Crippen molar-refractivity contribution in [3.63, 3.8) is 0 Å². The molecule has 2 heteroatoms. The third kappa shape index (κ3) is 7.49. The number of hydrogen-bond donors (Lipinski definition) is 0. The Morgan fingerprint density at radius 2 is 1.88 bits per heavy atom. The Morgan fingerprint density at radius 3 is 2.38 bits per heavy atom. The summed E-state index contributed by atoms with van der Waals surface area (Å²) in [5, 5.41) is 0. The van der Waals surface area contributed by atoms with Crippen molar-refractivity contribution in [2.45, 2.75) is 59.3 Å². The third-order valence-corrected chi connectivity index (χ3v) is 2.71. The summed E-state index contributed by atoms with van der Waals surface area (Å²) in [6, 6.07) is 0. The van der Waals surface area contributed by atoms with E-state index in [-0.39, 0.29) is 5.97 Å². The van der Waals surface area contributed by atoms with Crippen LogP contribution in [0.25, 0.3) is 0 Å². The fraction of sp³-hybridized carbons (Fsp3) is 0.786. The Hall–Kier alpha value is -0.790. The van der Waals surface area contributed by atoms with Gasteiger partial charge in [0.2, 0.25) is 0 Å². The average molecular weight is 226 g/mol. The SMILES string of the molecule is C=C(C)C(=O)OCC(CCC)CCCCC. The molecule has 0 radical (unpaired) electrons. The van der Waals surface area contributed by atoms with E-state index in [9.17, 15) is 4.79 Å². The van der Waals surface area contributed by atoms with E-state index in [0.717, 1.165) is 12.8 Å². The highest BCUT2D eigenvalue weighted by Gasteiger charge is 2.11. The molecule has 16 heavy (non-hydrogen) atoms. The van der Waals surface area contributed by atoms with Crippen LogP contribution < -0.4 is 0 Å². The van der Waals surface area contributed by atoms with Crippen molar-refractivity contribution in [3.05, 3.63) is 12.2 Å². The van der Waals surface area contributed by atoms with E-state index in [4.69, 9.17) is 4.74 Å². The van der Waals surface area contributed by atoms with Crippen LogP contribution in [-0.4, -0.2) is 12.6 Å². The standard InChI is InChI=1S/C14H26O2/c1-5-7-8-10-13(9-6-2)11-16-14(15)12(3)4/h13H,3,5-11H2,1-2,4H3. The zero-order valence-electron chi connectivity index (χ0n) is 11.1. The van der Waals surface area contributed by atoms with Crippen LogP contribution in [0.5, 0.6) is 0 Å². The Morgan fingerprint density at radius 1 is 1.19 bits per heavy atom. The molecule has 0 spiro atoms. The minimum absolute atomic E-state index is 0.253. The molecule has 1 atom stereocenters.